The van der Waals surface area contributed by atoms with Crippen LogP contribution in [0.25, 0.3) is 0 Å². The van der Waals surface area contributed by atoms with Crippen LogP contribution in [-0.2, 0) is 6.42 Å². The summed E-state index contributed by atoms with van der Waals surface area (Å²) in [6, 6.07) is 10.3. The van der Waals surface area contributed by atoms with Crippen molar-refractivity contribution in [3.63, 3.8) is 0 Å². The number of benzene rings is 2. The summed E-state index contributed by atoms with van der Waals surface area (Å²) in [6.07, 6.45) is 0.440. The fourth-order valence-electron chi connectivity index (χ4n) is 2.00. The normalized spacial score (nSPS) is 12.7. The quantitative estimate of drug-likeness (QED) is 0.851. The Bertz CT molecular complexity index is 572. The summed E-state index contributed by atoms with van der Waals surface area (Å²) in [5.41, 5.74) is 1.45. The second kappa shape index (κ2) is 4.14. The number of phenolic OH excluding ortho intramolecular Hbond substituents is 2. The Morgan fingerprint density at radius 3 is 2.44 bits per heavy atom. The number of phenols is 2. The van der Waals surface area contributed by atoms with Crippen LogP contribution in [0, 0.1) is 0 Å². The van der Waals surface area contributed by atoms with Crippen molar-refractivity contribution in [3.05, 3.63) is 47.5 Å². The van der Waals surface area contributed by atoms with Gasteiger partial charge < -0.3 is 19.7 Å². The average molecular weight is 244 g/mol. The number of ether oxygens (including phenoxy) is 2. The molecule has 1 aliphatic rings. The van der Waals surface area contributed by atoms with Crippen LogP contribution in [0.4, 0.5) is 0 Å². The maximum atomic E-state index is 9.73. The Morgan fingerprint density at radius 2 is 1.67 bits per heavy atom. The summed E-state index contributed by atoms with van der Waals surface area (Å²) in [7, 11) is 0. The molecule has 0 saturated heterocycles. The molecule has 1 aliphatic heterocycles. The standard InChI is InChI=1S/C14H12O4/c15-11-2-1-3-12(16)10(11)6-9-4-5-13-14(7-9)18-8-17-13/h1-5,7,15-16H,6,8H2. The van der Waals surface area contributed by atoms with Crippen molar-refractivity contribution in [1.29, 1.82) is 0 Å². The van der Waals surface area contributed by atoms with Crippen molar-refractivity contribution >= 4 is 0 Å². The Kier molecular flexibility index (Phi) is 2.48. The van der Waals surface area contributed by atoms with Crippen molar-refractivity contribution in [2.24, 2.45) is 0 Å². The molecule has 0 saturated carbocycles. The first-order valence-electron chi connectivity index (χ1n) is 5.62. The van der Waals surface area contributed by atoms with Gasteiger partial charge in [-0.25, -0.2) is 0 Å². The molecule has 0 unspecified atom stereocenters. The minimum Gasteiger partial charge on any atom is -0.508 e. The van der Waals surface area contributed by atoms with E-state index in [0.29, 0.717) is 17.7 Å². The maximum Gasteiger partial charge on any atom is 0.231 e. The van der Waals surface area contributed by atoms with Crippen LogP contribution in [0.1, 0.15) is 11.1 Å². The van der Waals surface area contributed by atoms with Crippen molar-refractivity contribution in [1.82, 2.24) is 0 Å². The van der Waals surface area contributed by atoms with Gasteiger partial charge in [-0.05, 0) is 29.8 Å². The summed E-state index contributed by atoms with van der Waals surface area (Å²) in [4.78, 5) is 0. The van der Waals surface area contributed by atoms with Gasteiger partial charge in [-0.15, -0.1) is 0 Å². The molecule has 0 radical (unpaired) electrons. The van der Waals surface area contributed by atoms with E-state index in [2.05, 4.69) is 0 Å². The molecular formula is C14H12O4. The molecule has 0 aromatic heterocycles. The van der Waals surface area contributed by atoms with Crippen LogP contribution in [0.15, 0.2) is 36.4 Å². The van der Waals surface area contributed by atoms with Crippen LogP contribution < -0.4 is 9.47 Å². The summed E-state index contributed by atoms with van der Waals surface area (Å²) < 4.78 is 10.5. The van der Waals surface area contributed by atoms with E-state index in [0.717, 1.165) is 11.3 Å². The third-order valence-corrected chi connectivity index (χ3v) is 2.94. The van der Waals surface area contributed by atoms with Gasteiger partial charge in [0.25, 0.3) is 0 Å². The maximum absolute atomic E-state index is 9.73. The third-order valence-electron chi connectivity index (χ3n) is 2.94. The van der Waals surface area contributed by atoms with Gasteiger partial charge in [0.2, 0.25) is 6.79 Å². The number of rotatable bonds is 2. The van der Waals surface area contributed by atoms with Gasteiger partial charge in [0.1, 0.15) is 11.5 Å². The van der Waals surface area contributed by atoms with Crippen molar-refractivity contribution in [2.45, 2.75) is 6.42 Å². The lowest BCUT2D eigenvalue weighted by atomic mass is 10.0. The van der Waals surface area contributed by atoms with Gasteiger partial charge in [0.15, 0.2) is 11.5 Å². The van der Waals surface area contributed by atoms with Crippen LogP contribution in [0.3, 0.4) is 0 Å². The van der Waals surface area contributed by atoms with Crippen molar-refractivity contribution in [3.8, 4) is 23.0 Å². The molecule has 0 amide bonds. The molecule has 0 atom stereocenters. The van der Waals surface area contributed by atoms with Gasteiger partial charge in [-0.1, -0.05) is 12.1 Å². The smallest absolute Gasteiger partial charge is 0.231 e. The van der Waals surface area contributed by atoms with Crippen molar-refractivity contribution in [2.75, 3.05) is 6.79 Å². The summed E-state index contributed by atoms with van der Waals surface area (Å²) in [5.74, 6) is 1.60. The van der Waals surface area contributed by atoms with E-state index >= 15 is 0 Å². The third kappa shape index (κ3) is 1.82. The highest BCUT2D eigenvalue weighted by Gasteiger charge is 2.14. The summed E-state index contributed by atoms with van der Waals surface area (Å²) in [6.45, 7) is 0.237. The van der Waals surface area contributed by atoms with Gasteiger partial charge >= 0.3 is 0 Å². The van der Waals surface area contributed by atoms with E-state index in [1.807, 2.05) is 18.2 Å². The number of aromatic hydroxyl groups is 2. The lowest BCUT2D eigenvalue weighted by Gasteiger charge is -2.07. The molecule has 18 heavy (non-hydrogen) atoms. The SMILES string of the molecule is Oc1cccc(O)c1Cc1ccc2c(c1)OCO2. The Labute approximate surface area is 104 Å². The number of fused-ring (bicyclic) bond motifs is 1. The number of hydrogen-bond acceptors (Lipinski definition) is 4. The molecule has 2 aromatic carbocycles. The molecule has 0 spiro atoms. The highest BCUT2D eigenvalue weighted by atomic mass is 16.7. The zero-order valence-corrected chi connectivity index (χ0v) is 9.59. The fraction of sp³-hybridized carbons (Fsp3) is 0.143. The second-order valence-electron chi connectivity index (χ2n) is 4.14. The molecule has 1 heterocycles. The lowest BCUT2D eigenvalue weighted by Crippen LogP contribution is -1.93. The zero-order valence-electron chi connectivity index (χ0n) is 9.59. The van der Waals surface area contributed by atoms with E-state index in [4.69, 9.17) is 9.47 Å². The highest BCUT2D eigenvalue weighted by molar-refractivity contribution is 5.49. The molecule has 4 heteroatoms. The first-order chi connectivity index (χ1) is 8.74. The first kappa shape index (κ1) is 10.8. The molecule has 3 rings (SSSR count). The summed E-state index contributed by atoms with van der Waals surface area (Å²) in [5, 5.41) is 19.5. The van der Waals surface area contributed by atoms with Gasteiger partial charge in [0, 0.05) is 12.0 Å². The first-order valence-corrected chi connectivity index (χ1v) is 5.62. The van der Waals surface area contributed by atoms with Crippen LogP contribution in [0.2, 0.25) is 0 Å². The van der Waals surface area contributed by atoms with Crippen LogP contribution >= 0.6 is 0 Å². The summed E-state index contributed by atoms with van der Waals surface area (Å²) >= 11 is 0. The monoisotopic (exact) mass is 244 g/mol. The predicted molar refractivity (Wildman–Crippen MR) is 65.1 cm³/mol. The van der Waals surface area contributed by atoms with E-state index in [1.54, 1.807) is 18.2 Å². The molecule has 2 N–H and O–H groups in total. The van der Waals surface area contributed by atoms with E-state index in [9.17, 15) is 10.2 Å². The van der Waals surface area contributed by atoms with Gasteiger partial charge in [-0.2, -0.15) is 0 Å². The minimum absolute atomic E-state index is 0.0904. The Hall–Kier alpha value is -2.36. The second-order valence-corrected chi connectivity index (χ2v) is 4.14. The van der Waals surface area contributed by atoms with Crippen molar-refractivity contribution < 1.29 is 19.7 Å². The Morgan fingerprint density at radius 1 is 0.944 bits per heavy atom. The molecule has 0 bridgehead atoms. The molecule has 92 valence electrons. The largest absolute Gasteiger partial charge is 0.508 e. The predicted octanol–water partition coefficient (Wildman–Crippen LogP) is 2.42. The van der Waals surface area contributed by atoms with E-state index in [1.165, 1.54) is 0 Å². The Balaban J connectivity index is 1.93. The van der Waals surface area contributed by atoms with Gasteiger partial charge in [-0.3, -0.25) is 0 Å². The van der Waals surface area contributed by atoms with Crippen LogP contribution in [-0.4, -0.2) is 17.0 Å². The topological polar surface area (TPSA) is 58.9 Å². The molecule has 0 aliphatic carbocycles. The molecule has 2 aromatic rings. The highest BCUT2D eigenvalue weighted by Crippen LogP contribution is 2.35. The lowest BCUT2D eigenvalue weighted by molar-refractivity contribution is 0.174. The molecule has 4 nitrogen and oxygen atoms in total. The number of hydrogen-bond donors (Lipinski definition) is 2. The van der Waals surface area contributed by atoms with E-state index < -0.39 is 0 Å². The molecule has 0 fully saturated rings. The van der Waals surface area contributed by atoms with E-state index in [-0.39, 0.29) is 18.3 Å². The fourth-order valence-corrected chi connectivity index (χ4v) is 2.00. The van der Waals surface area contributed by atoms with Crippen LogP contribution in [0.5, 0.6) is 23.0 Å². The molecular weight excluding hydrogens is 232 g/mol. The average Bonchev–Trinajstić information content (AvgIpc) is 2.81. The zero-order chi connectivity index (χ0) is 12.5. The van der Waals surface area contributed by atoms with Gasteiger partial charge in [0.05, 0.1) is 0 Å². The minimum atomic E-state index is 0.0904.